The molecule has 1 aliphatic carbocycles. The first-order valence-corrected chi connectivity index (χ1v) is 6.43. The Morgan fingerprint density at radius 1 is 1.60 bits per heavy atom. The summed E-state index contributed by atoms with van der Waals surface area (Å²) in [5, 5.41) is 7.35. The van der Waals surface area contributed by atoms with Gasteiger partial charge in [0.2, 0.25) is 0 Å². The van der Waals surface area contributed by atoms with Crippen LogP contribution in [0.5, 0.6) is 0 Å². The van der Waals surface area contributed by atoms with Gasteiger partial charge in [0.15, 0.2) is 0 Å². The lowest BCUT2D eigenvalue weighted by molar-refractivity contribution is 0.496. The molecule has 0 bridgehead atoms. The van der Waals surface area contributed by atoms with Crippen molar-refractivity contribution in [1.29, 1.82) is 5.41 Å². The molecule has 1 rings (SSSR count). The van der Waals surface area contributed by atoms with E-state index in [1.165, 1.54) is 0 Å². The molecule has 1 fully saturated rings. The summed E-state index contributed by atoms with van der Waals surface area (Å²) >= 11 is 0. The first kappa shape index (κ1) is 12.4. The molecule has 0 aliphatic heterocycles. The normalized spacial score (nSPS) is 20.9. The Hall–Kier alpha value is -0.660. The van der Waals surface area contributed by atoms with Gasteiger partial charge in [-0.05, 0) is 26.2 Å². The molecule has 1 atom stereocenters. The second-order valence-electron chi connectivity index (χ2n) is 4.10. The Morgan fingerprint density at radius 2 is 2.13 bits per heavy atom. The van der Waals surface area contributed by atoms with Gasteiger partial charge in [-0.1, -0.05) is 6.92 Å². The van der Waals surface area contributed by atoms with Gasteiger partial charge in [-0.3, -0.25) is 5.41 Å². The molecule has 0 saturated heterocycles. The van der Waals surface area contributed by atoms with E-state index in [0.717, 1.165) is 12.8 Å². The van der Waals surface area contributed by atoms with E-state index in [9.17, 15) is 8.42 Å². The average molecular weight is 234 g/mol. The smallest absolute Gasteiger partial charge is 0.278 e. The van der Waals surface area contributed by atoms with Gasteiger partial charge in [0.1, 0.15) is 5.84 Å². The maximum atomic E-state index is 11.6. The largest absolute Gasteiger partial charge is 0.386 e. The predicted octanol–water partition coefficient (Wildman–Crippen LogP) is -0.323. The van der Waals surface area contributed by atoms with Crippen LogP contribution < -0.4 is 15.2 Å². The minimum absolute atomic E-state index is 0.0514. The molecule has 1 saturated carbocycles. The van der Waals surface area contributed by atoms with Gasteiger partial charge in [-0.2, -0.15) is 17.9 Å². The third-order valence-corrected chi connectivity index (χ3v) is 3.92. The van der Waals surface area contributed by atoms with Crippen LogP contribution in [0, 0.1) is 5.41 Å². The highest BCUT2D eigenvalue weighted by atomic mass is 32.2. The third-order valence-electron chi connectivity index (χ3n) is 2.56. The lowest BCUT2D eigenvalue weighted by Gasteiger charge is -2.27. The topological polar surface area (TPSA) is 108 Å². The zero-order valence-electron chi connectivity index (χ0n) is 9.00. The van der Waals surface area contributed by atoms with Gasteiger partial charge in [0.05, 0.1) is 5.54 Å². The fraction of sp³-hybridized carbons (Fsp3) is 0.875. The minimum Gasteiger partial charge on any atom is -0.386 e. The molecule has 0 amide bonds. The van der Waals surface area contributed by atoms with Crippen LogP contribution in [0.4, 0.5) is 0 Å². The standard InChI is InChI=1S/C8H18N4O2S/c1-3-8(2,7(9)10)12-15(13,14)11-6-4-5-6/h6,11-12H,3-5H2,1-2H3,(H3,9,10). The Labute approximate surface area is 90.3 Å². The first-order valence-electron chi connectivity index (χ1n) is 4.95. The minimum atomic E-state index is -3.55. The predicted molar refractivity (Wildman–Crippen MR) is 58.8 cm³/mol. The number of amidine groups is 1. The van der Waals surface area contributed by atoms with Gasteiger partial charge in [0, 0.05) is 6.04 Å². The number of hydrogen-bond donors (Lipinski definition) is 4. The van der Waals surface area contributed by atoms with E-state index in [-0.39, 0.29) is 11.9 Å². The van der Waals surface area contributed by atoms with Crippen molar-refractivity contribution in [2.75, 3.05) is 0 Å². The second kappa shape index (κ2) is 4.07. The van der Waals surface area contributed by atoms with Crippen LogP contribution in [0.1, 0.15) is 33.1 Å². The molecular formula is C8H18N4O2S. The maximum Gasteiger partial charge on any atom is 0.278 e. The van der Waals surface area contributed by atoms with E-state index in [2.05, 4.69) is 9.44 Å². The molecule has 15 heavy (non-hydrogen) atoms. The number of hydrogen-bond acceptors (Lipinski definition) is 3. The Balaban J connectivity index is 2.68. The molecule has 0 heterocycles. The van der Waals surface area contributed by atoms with E-state index in [1.807, 2.05) is 0 Å². The van der Waals surface area contributed by atoms with Crippen molar-refractivity contribution in [3.05, 3.63) is 0 Å². The SMILES string of the molecule is CCC(C)(NS(=O)(=O)NC1CC1)C(=N)N. The number of nitrogens with one attached hydrogen (secondary N) is 3. The van der Waals surface area contributed by atoms with Crippen LogP contribution in [-0.2, 0) is 10.2 Å². The summed E-state index contributed by atoms with van der Waals surface area (Å²) in [4.78, 5) is 0. The molecular weight excluding hydrogens is 216 g/mol. The third kappa shape index (κ3) is 3.44. The van der Waals surface area contributed by atoms with Crippen LogP contribution >= 0.6 is 0 Å². The first-order chi connectivity index (χ1) is 6.79. The van der Waals surface area contributed by atoms with E-state index in [1.54, 1.807) is 13.8 Å². The van der Waals surface area contributed by atoms with Crippen LogP contribution in [0.3, 0.4) is 0 Å². The summed E-state index contributed by atoms with van der Waals surface area (Å²) in [5.41, 5.74) is 4.36. The fourth-order valence-corrected chi connectivity index (χ4v) is 2.65. The van der Waals surface area contributed by atoms with Crippen molar-refractivity contribution in [1.82, 2.24) is 9.44 Å². The van der Waals surface area contributed by atoms with Gasteiger partial charge < -0.3 is 5.73 Å². The molecule has 5 N–H and O–H groups in total. The summed E-state index contributed by atoms with van der Waals surface area (Å²) in [6.45, 7) is 3.38. The molecule has 0 aromatic heterocycles. The van der Waals surface area contributed by atoms with Gasteiger partial charge in [-0.15, -0.1) is 0 Å². The monoisotopic (exact) mass is 234 g/mol. The van der Waals surface area contributed by atoms with E-state index in [4.69, 9.17) is 11.1 Å². The molecule has 1 unspecified atom stereocenters. The highest BCUT2D eigenvalue weighted by Gasteiger charge is 2.34. The van der Waals surface area contributed by atoms with Gasteiger partial charge >= 0.3 is 0 Å². The van der Waals surface area contributed by atoms with Crippen molar-refractivity contribution in [3.63, 3.8) is 0 Å². The number of rotatable bonds is 6. The van der Waals surface area contributed by atoms with Crippen LogP contribution in [-0.4, -0.2) is 25.8 Å². The van der Waals surface area contributed by atoms with E-state index >= 15 is 0 Å². The van der Waals surface area contributed by atoms with Crippen LogP contribution in [0.2, 0.25) is 0 Å². The van der Waals surface area contributed by atoms with Gasteiger partial charge in [0.25, 0.3) is 10.2 Å². The Bertz CT molecular complexity index is 350. The van der Waals surface area contributed by atoms with Crippen molar-refractivity contribution >= 4 is 16.0 Å². The van der Waals surface area contributed by atoms with E-state index < -0.39 is 15.7 Å². The quantitative estimate of drug-likeness (QED) is 0.373. The summed E-state index contributed by atoms with van der Waals surface area (Å²) < 4.78 is 28.1. The zero-order valence-corrected chi connectivity index (χ0v) is 9.82. The van der Waals surface area contributed by atoms with Crippen LogP contribution in [0.15, 0.2) is 0 Å². The summed E-state index contributed by atoms with van der Waals surface area (Å²) in [5.74, 6) is -0.175. The fourth-order valence-electron chi connectivity index (χ4n) is 1.06. The average Bonchev–Trinajstić information content (AvgIpc) is 2.86. The molecule has 0 spiro atoms. The number of nitrogens with two attached hydrogens (primary N) is 1. The second-order valence-corrected chi connectivity index (χ2v) is 5.54. The van der Waals surface area contributed by atoms with Crippen molar-refractivity contribution in [2.24, 2.45) is 5.73 Å². The summed E-state index contributed by atoms with van der Waals surface area (Å²) in [6.07, 6.45) is 2.20. The molecule has 0 aromatic carbocycles. The van der Waals surface area contributed by atoms with E-state index in [0.29, 0.717) is 6.42 Å². The maximum absolute atomic E-state index is 11.6. The molecule has 88 valence electrons. The lowest BCUT2D eigenvalue weighted by atomic mass is 10.00. The molecule has 0 aromatic rings. The molecule has 7 heteroatoms. The van der Waals surface area contributed by atoms with Crippen LogP contribution in [0.25, 0.3) is 0 Å². The zero-order chi connectivity index (χ0) is 11.7. The van der Waals surface area contributed by atoms with Crippen molar-refractivity contribution in [2.45, 2.75) is 44.7 Å². The summed E-state index contributed by atoms with van der Waals surface area (Å²) in [7, 11) is -3.55. The molecule has 1 aliphatic rings. The highest BCUT2D eigenvalue weighted by molar-refractivity contribution is 7.87. The van der Waals surface area contributed by atoms with Crippen molar-refractivity contribution in [3.8, 4) is 0 Å². The summed E-state index contributed by atoms with van der Waals surface area (Å²) in [6, 6.07) is 0.0514. The van der Waals surface area contributed by atoms with Gasteiger partial charge in [-0.25, -0.2) is 0 Å². The van der Waals surface area contributed by atoms with Crippen molar-refractivity contribution < 1.29 is 8.42 Å². The lowest BCUT2D eigenvalue weighted by Crippen LogP contribution is -2.57. The molecule has 6 nitrogen and oxygen atoms in total. The molecule has 0 radical (unpaired) electrons. The highest BCUT2D eigenvalue weighted by Crippen LogP contribution is 2.20. The Morgan fingerprint density at radius 3 is 2.47 bits per heavy atom. The Kier molecular flexibility index (Phi) is 3.37.